The third-order valence-corrected chi connectivity index (χ3v) is 6.11. The molecule has 4 aromatic rings. The average molecular weight is 404 g/mol. The topological polar surface area (TPSA) is 72.1 Å². The Morgan fingerprint density at radius 1 is 1.21 bits per heavy atom. The molecule has 6 nitrogen and oxygen atoms in total. The van der Waals surface area contributed by atoms with Crippen molar-refractivity contribution in [1.82, 2.24) is 20.1 Å². The summed E-state index contributed by atoms with van der Waals surface area (Å²) in [4.78, 5) is 19.1. The van der Waals surface area contributed by atoms with Crippen LogP contribution in [0.25, 0.3) is 22.4 Å². The quantitative estimate of drug-likeness (QED) is 0.507. The summed E-state index contributed by atoms with van der Waals surface area (Å²) in [6.45, 7) is 1.40. The molecule has 7 heteroatoms. The first kappa shape index (κ1) is 18.0. The second-order valence-electron chi connectivity index (χ2n) is 7.31. The molecule has 3 aromatic heterocycles. The van der Waals surface area contributed by atoms with Gasteiger partial charge in [-0.05, 0) is 46.7 Å². The van der Waals surface area contributed by atoms with Crippen LogP contribution >= 0.6 is 11.3 Å². The van der Waals surface area contributed by atoms with Gasteiger partial charge in [0, 0.05) is 24.7 Å². The highest BCUT2D eigenvalue weighted by Crippen LogP contribution is 2.30. The molecule has 0 bridgehead atoms. The van der Waals surface area contributed by atoms with Crippen molar-refractivity contribution in [2.75, 3.05) is 13.1 Å². The number of carbonyl (C=O) groups is 1. The highest BCUT2D eigenvalue weighted by molar-refractivity contribution is 7.08. The van der Waals surface area contributed by atoms with E-state index in [4.69, 9.17) is 4.42 Å². The Bertz CT molecular complexity index is 1130. The Labute approximate surface area is 172 Å². The van der Waals surface area contributed by atoms with Crippen LogP contribution in [0.5, 0.6) is 0 Å². The zero-order valence-corrected chi connectivity index (χ0v) is 16.6. The number of benzene rings is 1. The number of rotatable bonds is 4. The Balaban J connectivity index is 1.35. The van der Waals surface area contributed by atoms with E-state index in [0.29, 0.717) is 30.4 Å². The van der Waals surface area contributed by atoms with Gasteiger partial charge in [-0.25, -0.2) is 0 Å². The molecule has 0 saturated carbocycles. The zero-order valence-electron chi connectivity index (χ0n) is 15.8. The van der Waals surface area contributed by atoms with Crippen LogP contribution in [0.1, 0.15) is 30.2 Å². The third-order valence-electron chi connectivity index (χ3n) is 5.38. The van der Waals surface area contributed by atoms with E-state index in [1.165, 1.54) is 0 Å². The second-order valence-corrected chi connectivity index (χ2v) is 8.09. The van der Waals surface area contributed by atoms with Crippen LogP contribution in [0, 0.1) is 0 Å². The van der Waals surface area contributed by atoms with Gasteiger partial charge in [0.1, 0.15) is 5.69 Å². The number of carbonyl (C=O) groups excluding carboxylic acids is 1. The molecule has 0 spiro atoms. The molecule has 0 aliphatic carbocycles. The van der Waals surface area contributed by atoms with Crippen molar-refractivity contribution in [3.63, 3.8) is 0 Å². The van der Waals surface area contributed by atoms with E-state index in [9.17, 15) is 4.79 Å². The molecule has 146 valence electrons. The maximum atomic E-state index is 12.7. The van der Waals surface area contributed by atoms with Gasteiger partial charge in [0.05, 0.1) is 12.3 Å². The number of fused-ring (bicyclic) bond motifs is 1. The number of amides is 1. The molecule has 1 unspecified atom stereocenters. The lowest BCUT2D eigenvalue weighted by Gasteiger charge is -2.31. The molecule has 1 aliphatic heterocycles. The van der Waals surface area contributed by atoms with E-state index in [0.717, 1.165) is 35.7 Å². The SMILES string of the molecule is O=C(Cc1ccsc1)N1CCCC(c2nnc(-c3nccc4ccccc34)o2)C1. The van der Waals surface area contributed by atoms with Crippen LogP contribution in [0.15, 0.2) is 57.8 Å². The van der Waals surface area contributed by atoms with Crippen molar-refractivity contribution in [3.8, 4) is 11.6 Å². The average Bonchev–Trinajstić information content (AvgIpc) is 3.46. The van der Waals surface area contributed by atoms with E-state index in [1.807, 2.05) is 52.1 Å². The van der Waals surface area contributed by atoms with E-state index < -0.39 is 0 Å². The summed E-state index contributed by atoms with van der Waals surface area (Å²) in [5.74, 6) is 1.23. The molecule has 29 heavy (non-hydrogen) atoms. The summed E-state index contributed by atoms with van der Waals surface area (Å²) in [7, 11) is 0. The van der Waals surface area contributed by atoms with Gasteiger partial charge in [0.2, 0.25) is 11.8 Å². The number of piperidine rings is 1. The molecule has 1 aromatic carbocycles. The molecule has 1 amide bonds. The largest absolute Gasteiger partial charge is 0.419 e. The molecule has 1 fully saturated rings. The van der Waals surface area contributed by atoms with Crippen molar-refractivity contribution in [1.29, 1.82) is 0 Å². The lowest BCUT2D eigenvalue weighted by Crippen LogP contribution is -2.40. The highest BCUT2D eigenvalue weighted by Gasteiger charge is 2.29. The minimum Gasteiger partial charge on any atom is -0.419 e. The molecule has 0 N–H and O–H groups in total. The summed E-state index contributed by atoms with van der Waals surface area (Å²) in [5, 5.41) is 14.7. The molecule has 1 aliphatic rings. The maximum absolute atomic E-state index is 12.7. The first-order chi connectivity index (χ1) is 14.3. The predicted octanol–water partition coefficient (Wildman–Crippen LogP) is 4.30. The van der Waals surface area contributed by atoms with Crippen LogP contribution < -0.4 is 0 Å². The monoisotopic (exact) mass is 404 g/mol. The Kier molecular flexibility index (Phi) is 4.81. The standard InChI is InChI=1S/C22H20N4O2S/c27-19(12-15-8-11-29-14-15)26-10-3-5-17(13-26)21-24-25-22(28-21)20-18-6-2-1-4-16(18)7-9-23-20/h1-2,4,6-9,11,14,17H,3,5,10,12-13H2. The van der Waals surface area contributed by atoms with Gasteiger partial charge in [0.25, 0.3) is 5.89 Å². The van der Waals surface area contributed by atoms with Gasteiger partial charge in [-0.1, -0.05) is 24.3 Å². The highest BCUT2D eigenvalue weighted by atomic mass is 32.1. The van der Waals surface area contributed by atoms with E-state index >= 15 is 0 Å². The number of aromatic nitrogens is 3. The molecular weight excluding hydrogens is 384 g/mol. The van der Waals surface area contributed by atoms with Crippen LogP contribution in [0.2, 0.25) is 0 Å². The molecule has 0 radical (unpaired) electrons. The van der Waals surface area contributed by atoms with Crippen molar-refractivity contribution in [2.24, 2.45) is 0 Å². The lowest BCUT2D eigenvalue weighted by atomic mass is 9.97. The Morgan fingerprint density at radius 2 is 2.14 bits per heavy atom. The molecule has 1 atom stereocenters. The Morgan fingerprint density at radius 3 is 3.03 bits per heavy atom. The molecule has 4 heterocycles. The molecule has 5 rings (SSSR count). The number of hydrogen-bond donors (Lipinski definition) is 0. The number of likely N-dealkylation sites (tertiary alicyclic amines) is 1. The first-order valence-electron chi connectivity index (χ1n) is 9.74. The van der Waals surface area contributed by atoms with Gasteiger partial charge < -0.3 is 9.32 Å². The van der Waals surface area contributed by atoms with Crippen LogP contribution in [-0.2, 0) is 11.2 Å². The number of nitrogens with zero attached hydrogens (tertiary/aromatic N) is 4. The van der Waals surface area contributed by atoms with E-state index in [-0.39, 0.29) is 11.8 Å². The predicted molar refractivity (Wildman–Crippen MR) is 112 cm³/mol. The summed E-state index contributed by atoms with van der Waals surface area (Å²) < 4.78 is 6.03. The number of hydrogen-bond acceptors (Lipinski definition) is 6. The van der Waals surface area contributed by atoms with Gasteiger partial charge in [-0.2, -0.15) is 11.3 Å². The number of pyridine rings is 1. The minimum atomic E-state index is 0.0615. The molecular formula is C22H20N4O2S. The van der Waals surface area contributed by atoms with Crippen molar-refractivity contribution < 1.29 is 9.21 Å². The van der Waals surface area contributed by atoms with Crippen LogP contribution in [0.4, 0.5) is 0 Å². The third kappa shape index (κ3) is 3.65. The minimum absolute atomic E-state index is 0.0615. The van der Waals surface area contributed by atoms with Crippen LogP contribution in [-0.4, -0.2) is 39.1 Å². The zero-order chi connectivity index (χ0) is 19.6. The number of thiophene rings is 1. The fourth-order valence-corrected chi connectivity index (χ4v) is 4.54. The van der Waals surface area contributed by atoms with Crippen LogP contribution in [0.3, 0.4) is 0 Å². The summed E-state index contributed by atoms with van der Waals surface area (Å²) in [6.07, 6.45) is 4.08. The summed E-state index contributed by atoms with van der Waals surface area (Å²) in [5.41, 5.74) is 1.77. The van der Waals surface area contributed by atoms with E-state index in [1.54, 1.807) is 17.5 Å². The smallest absolute Gasteiger partial charge is 0.266 e. The maximum Gasteiger partial charge on any atom is 0.266 e. The lowest BCUT2D eigenvalue weighted by molar-refractivity contribution is -0.131. The van der Waals surface area contributed by atoms with Crippen molar-refractivity contribution >= 4 is 28.0 Å². The fraction of sp³-hybridized carbons (Fsp3) is 0.273. The summed E-state index contributed by atoms with van der Waals surface area (Å²) >= 11 is 1.62. The van der Waals surface area contributed by atoms with E-state index in [2.05, 4.69) is 15.2 Å². The van der Waals surface area contributed by atoms with Gasteiger partial charge in [-0.15, -0.1) is 10.2 Å². The van der Waals surface area contributed by atoms with Gasteiger partial charge >= 0.3 is 0 Å². The fourth-order valence-electron chi connectivity index (χ4n) is 3.87. The second kappa shape index (κ2) is 7.75. The summed E-state index contributed by atoms with van der Waals surface area (Å²) in [6, 6.07) is 12.0. The molecule has 1 saturated heterocycles. The van der Waals surface area contributed by atoms with Gasteiger partial charge in [-0.3, -0.25) is 9.78 Å². The van der Waals surface area contributed by atoms with Gasteiger partial charge in [0.15, 0.2) is 0 Å². The van der Waals surface area contributed by atoms with Crippen molar-refractivity contribution in [2.45, 2.75) is 25.2 Å². The first-order valence-corrected chi connectivity index (χ1v) is 10.7. The normalized spacial score (nSPS) is 17.0. The van der Waals surface area contributed by atoms with Crippen molar-refractivity contribution in [3.05, 3.63) is 64.8 Å². The Hall–Kier alpha value is -3.06.